The Morgan fingerprint density at radius 1 is 0.839 bits per heavy atom. The van der Waals surface area contributed by atoms with E-state index < -0.39 is 0 Å². The second-order valence-corrected chi connectivity index (χ2v) is 7.72. The van der Waals surface area contributed by atoms with Crippen molar-refractivity contribution in [3.8, 4) is 0 Å². The SMILES string of the molecule is Cc1ccc(C(=O)Nc2ccc(N3CCCN(C(=O)c4ccccc4)CC3)nc2)cc1. The number of nitrogens with zero attached hydrogens (tertiary/aromatic N) is 3. The minimum absolute atomic E-state index is 0.0737. The number of nitrogens with one attached hydrogen (secondary N) is 1. The quantitative estimate of drug-likeness (QED) is 0.701. The third kappa shape index (κ3) is 5.09. The molecule has 0 spiro atoms. The molecule has 1 aromatic heterocycles. The summed E-state index contributed by atoms with van der Waals surface area (Å²) in [4.78, 5) is 33.8. The summed E-state index contributed by atoms with van der Waals surface area (Å²) in [6.45, 7) is 4.93. The van der Waals surface area contributed by atoms with E-state index in [-0.39, 0.29) is 11.8 Å². The highest BCUT2D eigenvalue weighted by Gasteiger charge is 2.21. The van der Waals surface area contributed by atoms with E-state index in [1.165, 1.54) is 0 Å². The lowest BCUT2D eigenvalue weighted by Gasteiger charge is -2.23. The fourth-order valence-corrected chi connectivity index (χ4v) is 3.67. The van der Waals surface area contributed by atoms with Crippen molar-refractivity contribution in [2.24, 2.45) is 0 Å². The molecule has 2 amide bonds. The maximum absolute atomic E-state index is 12.7. The molecule has 158 valence electrons. The fourth-order valence-electron chi connectivity index (χ4n) is 3.67. The summed E-state index contributed by atoms with van der Waals surface area (Å²) in [5.74, 6) is 0.770. The summed E-state index contributed by atoms with van der Waals surface area (Å²) >= 11 is 0. The molecule has 6 heteroatoms. The maximum atomic E-state index is 12.7. The fraction of sp³-hybridized carbons (Fsp3) is 0.240. The first kappa shape index (κ1) is 20.6. The van der Waals surface area contributed by atoms with Crippen LogP contribution in [0.15, 0.2) is 72.9 Å². The highest BCUT2D eigenvalue weighted by molar-refractivity contribution is 6.04. The van der Waals surface area contributed by atoms with Gasteiger partial charge in [-0.15, -0.1) is 0 Å². The standard InChI is InChI=1S/C25H26N4O2/c1-19-8-10-20(11-9-19)24(30)27-22-12-13-23(26-18-22)28-14-5-15-29(17-16-28)25(31)21-6-3-2-4-7-21/h2-4,6-13,18H,5,14-17H2,1H3,(H,27,30). The third-order valence-corrected chi connectivity index (χ3v) is 5.45. The predicted octanol–water partition coefficient (Wildman–Crippen LogP) is 3.99. The molecule has 3 aromatic rings. The van der Waals surface area contributed by atoms with Gasteiger partial charge >= 0.3 is 0 Å². The summed E-state index contributed by atoms with van der Waals surface area (Å²) in [6, 6.07) is 20.7. The second-order valence-electron chi connectivity index (χ2n) is 7.72. The molecule has 1 fully saturated rings. The van der Waals surface area contributed by atoms with Crippen molar-refractivity contribution in [3.63, 3.8) is 0 Å². The van der Waals surface area contributed by atoms with Gasteiger partial charge in [0.05, 0.1) is 11.9 Å². The van der Waals surface area contributed by atoms with Crippen LogP contribution in [0.2, 0.25) is 0 Å². The van der Waals surface area contributed by atoms with E-state index >= 15 is 0 Å². The molecule has 1 saturated heterocycles. The summed E-state index contributed by atoms with van der Waals surface area (Å²) in [6.07, 6.45) is 2.56. The van der Waals surface area contributed by atoms with Crippen molar-refractivity contribution >= 4 is 23.3 Å². The molecule has 0 atom stereocenters. The summed E-state index contributed by atoms with van der Waals surface area (Å²) in [7, 11) is 0. The number of amides is 2. The van der Waals surface area contributed by atoms with Crippen LogP contribution in [0.3, 0.4) is 0 Å². The van der Waals surface area contributed by atoms with Crippen LogP contribution in [0.4, 0.5) is 11.5 Å². The van der Waals surface area contributed by atoms with E-state index in [1.807, 2.05) is 78.6 Å². The number of carbonyl (C=O) groups excluding carboxylic acids is 2. The van der Waals surface area contributed by atoms with Crippen LogP contribution >= 0.6 is 0 Å². The Morgan fingerprint density at radius 2 is 1.61 bits per heavy atom. The minimum Gasteiger partial charge on any atom is -0.355 e. The van der Waals surface area contributed by atoms with Crippen molar-refractivity contribution in [2.75, 3.05) is 36.4 Å². The minimum atomic E-state index is -0.153. The van der Waals surface area contributed by atoms with Crippen molar-refractivity contribution in [2.45, 2.75) is 13.3 Å². The first-order valence-corrected chi connectivity index (χ1v) is 10.5. The second kappa shape index (κ2) is 9.43. The molecular weight excluding hydrogens is 388 g/mol. The van der Waals surface area contributed by atoms with E-state index in [0.717, 1.165) is 43.0 Å². The molecule has 0 aliphatic carbocycles. The molecule has 6 nitrogen and oxygen atoms in total. The number of hydrogen-bond donors (Lipinski definition) is 1. The van der Waals surface area contributed by atoms with Gasteiger partial charge < -0.3 is 15.1 Å². The Bertz CT molecular complexity index is 1030. The molecule has 31 heavy (non-hydrogen) atoms. The van der Waals surface area contributed by atoms with Crippen LogP contribution in [0.25, 0.3) is 0 Å². The molecule has 1 aliphatic heterocycles. The van der Waals surface area contributed by atoms with Crippen LogP contribution in [-0.2, 0) is 0 Å². The van der Waals surface area contributed by atoms with Crippen LogP contribution < -0.4 is 10.2 Å². The van der Waals surface area contributed by atoms with Crippen molar-refractivity contribution in [1.82, 2.24) is 9.88 Å². The maximum Gasteiger partial charge on any atom is 0.255 e. The average molecular weight is 415 g/mol. The number of aromatic nitrogens is 1. The number of carbonyl (C=O) groups is 2. The van der Waals surface area contributed by atoms with Crippen LogP contribution in [0.1, 0.15) is 32.7 Å². The van der Waals surface area contributed by atoms with Gasteiger partial charge in [-0.25, -0.2) is 4.98 Å². The molecule has 0 unspecified atom stereocenters. The van der Waals surface area contributed by atoms with Crippen LogP contribution in [0.5, 0.6) is 0 Å². The average Bonchev–Trinajstić information content (AvgIpc) is 3.06. The van der Waals surface area contributed by atoms with Crippen LogP contribution in [0, 0.1) is 6.92 Å². The van der Waals surface area contributed by atoms with E-state index in [1.54, 1.807) is 6.20 Å². The molecule has 0 radical (unpaired) electrons. The molecule has 1 aliphatic rings. The van der Waals surface area contributed by atoms with E-state index in [0.29, 0.717) is 17.8 Å². The zero-order chi connectivity index (χ0) is 21.6. The predicted molar refractivity (Wildman–Crippen MR) is 123 cm³/mol. The van der Waals surface area contributed by atoms with Gasteiger partial charge in [0.2, 0.25) is 0 Å². The first-order chi connectivity index (χ1) is 15.1. The summed E-state index contributed by atoms with van der Waals surface area (Å²) in [5, 5.41) is 2.89. The number of aryl methyl sites for hydroxylation is 1. The van der Waals surface area contributed by atoms with Crippen molar-refractivity contribution in [1.29, 1.82) is 0 Å². The lowest BCUT2D eigenvalue weighted by molar-refractivity contribution is 0.0767. The number of anilines is 2. The highest BCUT2D eigenvalue weighted by Crippen LogP contribution is 2.18. The Labute approximate surface area is 182 Å². The monoisotopic (exact) mass is 414 g/mol. The third-order valence-electron chi connectivity index (χ3n) is 5.45. The van der Waals surface area contributed by atoms with Gasteiger partial charge in [-0.1, -0.05) is 35.9 Å². The molecule has 1 N–H and O–H groups in total. The van der Waals surface area contributed by atoms with Gasteiger partial charge in [0.15, 0.2) is 0 Å². The lowest BCUT2D eigenvalue weighted by Crippen LogP contribution is -2.35. The molecule has 0 saturated carbocycles. The highest BCUT2D eigenvalue weighted by atomic mass is 16.2. The Morgan fingerprint density at radius 3 is 2.32 bits per heavy atom. The van der Waals surface area contributed by atoms with Gasteiger partial charge in [0.1, 0.15) is 5.82 Å². The lowest BCUT2D eigenvalue weighted by atomic mass is 10.1. The number of pyridine rings is 1. The number of rotatable bonds is 4. The van der Waals surface area contributed by atoms with E-state index in [2.05, 4.69) is 15.2 Å². The van der Waals surface area contributed by atoms with Gasteiger partial charge in [-0.3, -0.25) is 9.59 Å². The smallest absolute Gasteiger partial charge is 0.255 e. The number of hydrogen-bond acceptors (Lipinski definition) is 4. The van der Waals surface area contributed by atoms with Crippen LogP contribution in [-0.4, -0.2) is 47.9 Å². The summed E-state index contributed by atoms with van der Waals surface area (Å²) in [5.41, 5.74) is 3.11. The molecular formula is C25H26N4O2. The van der Waals surface area contributed by atoms with Gasteiger partial charge in [0, 0.05) is 37.3 Å². The topological polar surface area (TPSA) is 65.5 Å². The van der Waals surface area contributed by atoms with Gasteiger partial charge in [0.25, 0.3) is 11.8 Å². The molecule has 4 rings (SSSR count). The van der Waals surface area contributed by atoms with Gasteiger partial charge in [-0.2, -0.15) is 0 Å². The summed E-state index contributed by atoms with van der Waals surface area (Å²) < 4.78 is 0. The molecule has 2 heterocycles. The van der Waals surface area contributed by atoms with Crippen molar-refractivity contribution in [3.05, 3.63) is 89.6 Å². The number of benzene rings is 2. The van der Waals surface area contributed by atoms with E-state index in [9.17, 15) is 9.59 Å². The zero-order valence-electron chi connectivity index (χ0n) is 17.6. The molecule has 0 bridgehead atoms. The first-order valence-electron chi connectivity index (χ1n) is 10.5. The Hall–Kier alpha value is -3.67. The van der Waals surface area contributed by atoms with E-state index in [4.69, 9.17) is 0 Å². The molecule has 2 aromatic carbocycles. The Balaban J connectivity index is 1.36. The van der Waals surface area contributed by atoms with Gasteiger partial charge in [-0.05, 0) is 49.7 Å². The normalized spacial score (nSPS) is 14.1. The largest absolute Gasteiger partial charge is 0.355 e. The van der Waals surface area contributed by atoms with Crippen molar-refractivity contribution < 1.29 is 9.59 Å². The Kier molecular flexibility index (Phi) is 6.26. The zero-order valence-corrected chi connectivity index (χ0v) is 17.6.